The topological polar surface area (TPSA) is 23.6 Å². The first-order valence-corrected chi connectivity index (χ1v) is 6.88. The van der Waals surface area contributed by atoms with E-state index in [1.165, 1.54) is 51.4 Å². The normalized spacial score (nSPS) is 36.5. The van der Waals surface area contributed by atoms with Crippen LogP contribution in [0.25, 0.3) is 0 Å². The van der Waals surface area contributed by atoms with Gasteiger partial charge in [0.1, 0.15) is 0 Å². The zero-order chi connectivity index (χ0) is 11.0. The van der Waals surface area contributed by atoms with E-state index >= 15 is 0 Å². The Hall–Kier alpha value is -0.570. The van der Waals surface area contributed by atoms with Crippen molar-refractivity contribution in [2.24, 2.45) is 0 Å². The van der Waals surface area contributed by atoms with Gasteiger partial charge < -0.3 is 4.90 Å². The lowest BCUT2D eigenvalue weighted by Crippen LogP contribution is -2.53. The molecule has 1 spiro atoms. The second-order valence-corrected chi connectivity index (χ2v) is 5.57. The molecule has 3 nitrogen and oxygen atoms in total. The third-order valence-electron chi connectivity index (χ3n) is 4.68. The fourth-order valence-corrected chi connectivity index (χ4v) is 3.87. The van der Waals surface area contributed by atoms with Crippen LogP contribution >= 0.6 is 0 Å². The zero-order valence-electron chi connectivity index (χ0n) is 10.1. The second kappa shape index (κ2) is 4.02. The largest absolute Gasteiger partial charge is 0.323 e. The van der Waals surface area contributed by atoms with Crippen LogP contribution in [-0.4, -0.2) is 41.0 Å². The molecular weight excluding hydrogens is 200 g/mol. The molecule has 0 radical (unpaired) electrons. The highest BCUT2D eigenvalue weighted by Crippen LogP contribution is 2.41. The van der Waals surface area contributed by atoms with Crippen molar-refractivity contribution in [1.29, 1.82) is 0 Å². The Balaban J connectivity index is 1.94. The van der Waals surface area contributed by atoms with Gasteiger partial charge in [-0.25, -0.2) is 0 Å². The Bertz CT molecular complexity index is 286. The Morgan fingerprint density at radius 3 is 2.31 bits per heavy atom. The quantitative estimate of drug-likeness (QED) is 0.625. The van der Waals surface area contributed by atoms with Gasteiger partial charge in [0.15, 0.2) is 0 Å². The Kier molecular flexibility index (Phi) is 2.66. The molecule has 90 valence electrons. The van der Waals surface area contributed by atoms with Crippen LogP contribution in [0, 0.1) is 0 Å². The van der Waals surface area contributed by atoms with Gasteiger partial charge in [0, 0.05) is 13.1 Å². The fourth-order valence-electron chi connectivity index (χ4n) is 3.87. The lowest BCUT2D eigenvalue weighted by molar-refractivity contribution is -0.131. The molecule has 3 heteroatoms. The number of hydrogen-bond donors (Lipinski definition) is 0. The second-order valence-electron chi connectivity index (χ2n) is 5.57. The van der Waals surface area contributed by atoms with Crippen LogP contribution in [0.1, 0.15) is 51.4 Å². The van der Waals surface area contributed by atoms with Crippen LogP contribution < -0.4 is 0 Å². The van der Waals surface area contributed by atoms with E-state index in [9.17, 15) is 4.79 Å². The van der Waals surface area contributed by atoms with Crippen molar-refractivity contribution in [3.63, 3.8) is 0 Å². The van der Waals surface area contributed by atoms with Crippen LogP contribution in [0.15, 0.2) is 0 Å². The van der Waals surface area contributed by atoms with Crippen molar-refractivity contribution >= 4 is 5.91 Å². The summed E-state index contributed by atoms with van der Waals surface area (Å²) in [6, 6.07) is 0. The first-order chi connectivity index (χ1) is 7.83. The first kappa shape index (κ1) is 10.6. The van der Waals surface area contributed by atoms with Gasteiger partial charge in [-0.15, -0.1) is 0 Å². The van der Waals surface area contributed by atoms with E-state index in [4.69, 9.17) is 0 Å². The van der Waals surface area contributed by atoms with E-state index < -0.39 is 0 Å². The molecule has 16 heavy (non-hydrogen) atoms. The number of carbonyl (C=O) groups is 1. The molecule has 3 rings (SSSR count). The molecular formula is C13H22N2O. The number of carbonyl (C=O) groups excluding carboxylic acids is 1. The summed E-state index contributed by atoms with van der Waals surface area (Å²) in [6.07, 6.45) is 10.2. The molecule has 0 aliphatic carbocycles. The van der Waals surface area contributed by atoms with Gasteiger partial charge in [0.25, 0.3) is 0 Å². The summed E-state index contributed by atoms with van der Waals surface area (Å²) in [7, 11) is 0. The molecule has 3 heterocycles. The molecule has 3 fully saturated rings. The molecule has 3 aliphatic rings. The monoisotopic (exact) mass is 222 g/mol. The van der Waals surface area contributed by atoms with Crippen LogP contribution in [-0.2, 0) is 4.79 Å². The summed E-state index contributed by atoms with van der Waals surface area (Å²) >= 11 is 0. The Morgan fingerprint density at radius 1 is 0.875 bits per heavy atom. The van der Waals surface area contributed by atoms with Crippen LogP contribution in [0.4, 0.5) is 0 Å². The van der Waals surface area contributed by atoms with Crippen molar-refractivity contribution < 1.29 is 4.79 Å². The maximum Gasteiger partial charge on any atom is 0.238 e. The summed E-state index contributed by atoms with van der Waals surface area (Å²) in [5, 5.41) is 0. The van der Waals surface area contributed by atoms with Gasteiger partial charge in [-0.2, -0.15) is 0 Å². The molecule has 0 aromatic rings. The van der Waals surface area contributed by atoms with E-state index in [1.807, 2.05) is 0 Å². The lowest BCUT2D eigenvalue weighted by atomic mass is 9.96. The van der Waals surface area contributed by atoms with E-state index in [0.717, 1.165) is 13.1 Å². The molecule has 0 bridgehead atoms. The van der Waals surface area contributed by atoms with Crippen molar-refractivity contribution in [3.8, 4) is 0 Å². The number of rotatable bonds is 0. The maximum atomic E-state index is 12.1. The average molecular weight is 222 g/mol. The third kappa shape index (κ3) is 1.48. The minimum absolute atomic E-state index is 0.143. The minimum Gasteiger partial charge on any atom is -0.323 e. The van der Waals surface area contributed by atoms with Gasteiger partial charge in [0.2, 0.25) is 5.91 Å². The van der Waals surface area contributed by atoms with Gasteiger partial charge in [-0.1, -0.05) is 12.8 Å². The van der Waals surface area contributed by atoms with Crippen LogP contribution in [0.2, 0.25) is 0 Å². The summed E-state index contributed by atoms with van der Waals surface area (Å²) in [5.74, 6) is 0.392. The highest BCUT2D eigenvalue weighted by atomic mass is 16.2. The predicted octanol–water partition coefficient (Wildman–Crippen LogP) is 1.97. The zero-order valence-corrected chi connectivity index (χ0v) is 10.1. The van der Waals surface area contributed by atoms with E-state index in [-0.39, 0.29) is 5.66 Å². The van der Waals surface area contributed by atoms with Crippen molar-refractivity contribution in [1.82, 2.24) is 9.80 Å². The fraction of sp³-hybridized carbons (Fsp3) is 0.923. The molecule has 0 N–H and O–H groups in total. The summed E-state index contributed by atoms with van der Waals surface area (Å²) < 4.78 is 0. The van der Waals surface area contributed by atoms with Crippen LogP contribution in [0.5, 0.6) is 0 Å². The van der Waals surface area contributed by atoms with E-state index in [2.05, 4.69) is 9.80 Å². The molecule has 1 unspecified atom stereocenters. The van der Waals surface area contributed by atoms with Crippen molar-refractivity contribution in [3.05, 3.63) is 0 Å². The van der Waals surface area contributed by atoms with Crippen molar-refractivity contribution in [2.45, 2.75) is 57.0 Å². The standard InChI is InChI=1S/C13H22N2O/c16-12-11-14-9-5-1-3-7-13(14)8-4-2-6-10-15(12)13/h1-11H2. The third-order valence-corrected chi connectivity index (χ3v) is 4.68. The summed E-state index contributed by atoms with van der Waals surface area (Å²) in [5.41, 5.74) is 0.143. The molecule has 3 aliphatic heterocycles. The molecule has 1 amide bonds. The minimum atomic E-state index is 0.143. The lowest BCUT2D eigenvalue weighted by Gasteiger charge is -2.42. The van der Waals surface area contributed by atoms with Crippen molar-refractivity contribution in [2.75, 3.05) is 19.6 Å². The average Bonchev–Trinajstić information content (AvgIpc) is 2.53. The summed E-state index contributed by atoms with van der Waals surface area (Å²) in [6.45, 7) is 2.84. The van der Waals surface area contributed by atoms with Crippen LogP contribution in [0.3, 0.4) is 0 Å². The smallest absolute Gasteiger partial charge is 0.238 e. The van der Waals surface area contributed by atoms with E-state index in [0.29, 0.717) is 12.5 Å². The number of hydrogen-bond acceptors (Lipinski definition) is 2. The maximum absolute atomic E-state index is 12.1. The molecule has 3 saturated heterocycles. The Labute approximate surface area is 97.8 Å². The molecule has 0 aromatic carbocycles. The van der Waals surface area contributed by atoms with E-state index in [1.54, 1.807) is 0 Å². The highest BCUT2D eigenvalue weighted by Gasteiger charge is 2.50. The first-order valence-electron chi connectivity index (χ1n) is 6.88. The highest BCUT2D eigenvalue weighted by molar-refractivity contribution is 5.81. The number of amides is 1. The predicted molar refractivity (Wildman–Crippen MR) is 63.0 cm³/mol. The molecule has 0 aromatic heterocycles. The number of nitrogens with zero attached hydrogens (tertiary/aromatic N) is 2. The SMILES string of the molecule is O=C1CN2CCCCCC23CCCCCN13. The van der Waals surface area contributed by atoms with Gasteiger partial charge >= 0.3 is 0 Å². The van der Waals surface area contributed by atoms with Gasteiger partial charge in [-0.3, -0.25) is 9.69 Å². The Morgan fingerprint density at radius 2 is 1.56 bits per heavy atom. The molecule has 0 saturated carbocycles. The van der Waals surface area contributed by atoms with Gasteiger partial charge in [-0.05, 0) is 38.5 Å². The molecule has 1 atom stereocenters. The summed E-state index contributed by atoms with van der Waals surface area (Å²) in [4.78, 5) is 16.8. The van der Waals surface area contributed by atoms with Gasteiger partial charge in [0.05, 0.1) is 12.2 Å².